The van der Waals surface area contributed by atoms with Crippen molar-refractivity contribution in [1.29, 1.82) is 0 Å². The second kappa shape index (κ2) is 5.72. The monoisotopic (exact) mass is 312 g/mol. The SMILES string of the molecule is CC(C)(C)C1CCCCC1(O)C1CCOC2(CCSC2)C1. The third-order valence-electron chi connectivity index (χ3n) is 6.24. The van der Waals surface area contributed by atoms with Gasteiger partial charge in [0.05, 0.1) is 11.2 Å². The first-order chi connectivity index (χ1) is 9.86. The molecule has 2 saturated heterocycles. The largest absolute Gasteiger partial charge is 0.389 e. The molecule has 2 nitrogen and oxygen atoms in total. The lowest BCUT2D eigenvalue weighted by molar-refractivity contribution is -0.179. The highest BCUT2D eigenvalue weighted by Gasteiger charge is 2.53. The predicted octanol–water partition coefficient (Wildman–Crippen LogP) is 4.26. The fourth-order valence-electron chi connectivity index (χ4n) is 5.17. The fourth-order valence-corrected chi connectivity index (χ4v) is 6.55. The van der Waals surface area contributed by atoms with Crippen molar-refractivity contribution in [3.8, 4) is 0 Å². The predicted molar refractivity (Wildman–Crippen MR) is 89.7 cm³/mol. The van der Waals surface area contributed by atoms with E-state index in [1.807, 2.05) is 11.8 Å². The minimum Gasteiger partial charge on any atom is -0.389 e. The van der Waals surface area contributed by atoms with Crippen LogP contribution in [-0.4, -0.2) is 34.4 Å². The Labute approximate surface area is 134 Å². The molecule has 3 aliphatic rings. The van der Waals surface area contributed by atoms with E-state index in [9.17, 15) is 5.11 Å². The van der Waals surface area contributed by atoms with Crippen LogP contribution in [0.2, 0.25) is 0 Å². The normalized spacial score (nSPS) is 45.1. The molecule has 1 aliphatic carbocycles. The van der Waals surface area contributed by atoms with E-state index in [1.54, 1.807) is 0 Å². The summed E-state index contributed by atoms with van der Waals surface area (Å²) in [6.45, 7) is 7.79. The van der Waals surface area contributed by atoms with Crippen LogP contribution in [0.1, 0.15) is 65.7 Å². The molecule has 0 aromatic rings. The van der Waals surface area contributed by atoms with Gasteiger partial charge >= 0.3 is 0 Å². The summed E-state index contributed by atoms with van der Waals surface area (Å²) in [7, 11) is 0. The summed E-state index contributed by atoms with van der Waals surface area (Å²) in [5.74, 6) is 3.25. The van der Waals surface area contributed by atoms with Crippen LogP contribution in [0, 0.1) is 17.3 Å². The maximum absolute atomic E-state index is 11.7. The molecule has 3 heteroatoms. The minimum atomic E-state index is -0.458. The van der Waals surface area contributed by atoms with Gasteiger partial charge in [-0.1, -0.05) is 33.6 Å². The molecule has 0 radical (unpaired) electrons. The van der Waals surface area contributed by atoms with E-state index in [1.165, 1.54) is 31.4 Å². The zero-order valence-electron chi connectivity index (χ0n) is 14.0. The highest BCUT2D eigenvalue weighted by Crippen LogP contribution is 2.53. The van der Waals surface area contributed by atoms with Gasteiger partial charge in [0, 0.05) is 12.4 Å². The molecule has 0 aromatic carbocycles. The lowest BCUT2D eigenvalue weighted by Gasteiger charge is -2.53. The van der Waals surface area contributed by atoms with Crippen LogP contribution in [0.25, 0.3) is 0 Å². The van der Waals surface area contributed by atoms with Gasteiger partial charge in [-0.2, -0.15) is 11.8 Å². The van der Waals surface area contributed by atoms with Crippen molar-refractivity contribution in [3.63, 3.8) is 0 Å². The minimum absolute atomic E-state index is 0.0865. The average Bonchev–Trinajstić information content (AvgIpc) is 2.86. The molecule has 0 bridgehead atoms. The van der Waals surface area contributed by atoms with Crippen LogP contribution in [-0.2, 0) is 4.74 Å². The second-order valence-electron chi connectivity index (χ2n) is 8.68. The van der Waals surface area contributed by atoms with Gasteiger partial charge in [-0.25, -0.2) is 0 Å². The number of aliphatic hydroxyl groups is 1. The number of thioether (sulfide) groups is 1. The van der Waals surface area contributed by atoms with Crippen LogP contribution in [0.15, 0.2) is 0 Å². The Morgan fingerprint density at radius 3 is 2.62 bits per heavy atom. The van der Waals surface area contributed by atoms with E-state index >= 15 is 0 Å². The van der Waals surface area contributed by atoms with Gasteiger partial charge in [-0.15, -0.1) is 0 Å². The first-order valence-corrected chi connectivity index (χ1v) is 9.95. The van der Waals surface area contributed by atoms with Gasteiger partial charge < -0.3 is 9.84 Å². The summed E-state index contributed by atoms with van der Waals surface area (Å²) in [4.78, 5) is 0. The van der Waals surface area contributed by atoms with Gasteiger partial charge in [0.1, 0.15) is 0 Å². The summed E-state index contributed by atoms with van der Waals surface area (Å²) < 4.78 is 6.18. The summed E-state index contributed by atoms with van der Waals surface area (Å²) in [5, 5.41) is 11.7. The molecule has 122 valence electrons. The fraction of sp³-hybridized carbons (Fsp3) is 1.00. The molecule has 0 amide bonds. The molecule has 2 heterocycles. The van der Waals surface area contributed by atoms with E-state index in [0.29, 0.717) is 11.8 Å². The highest BCUT2D eigenvalue weighted by atomic mass is 32.2. The summed E-state index contributed by atoms with van der Waals surface area (Å²) in [5.41, 5.74) is -0.172. The maximum atomic E-state index is 11.7. The molecule has 4 unspecified atom stereocenters. The van der Waals surface area contributed by atoms with Crippen molar-refractivity contribution < 1.29 is 9.84 Å². The molecule has 2 aliphatic heterocycles. The van der Waals surface area contributed by atoms with Crippen LogP contribution in [0.4, 0.5) is 0 Å². The molecular formula is C18H32O2S. The Kier molecular flexibility index (Phi) is 4.40. The third kappa shape index (κ3) is 3.03. The molecule has 0 aromatic heterocycles. The van der Waals surface area contributed by atoms with Crippen molar-refractivity contribution in [2.24, 2.45) is 17.3 Å². The Hall–Kier alpha value is 0.270. The van der Waals surface area contributed by atoms with Gasteiger partial charge in [-0.3, -0.25) is 0 Å². The van der Waals surface area contributed by atoms with Crippen molar-refractivity contribution in [2.45, 2.75) is 76.9 Å². The van der Waals surface area contributed by atoms with Gasteiger partial charge in [0.25, 0.3) is 0 Å². The van der Waals surface area contributed by atoms with Crippen LogP contribution >= 0.6 is 11.8 Å². The lowest BCUT2D eigenvalue weighted by atomic mass is 9.57. The van der Waals surface area contributed by atoms with E-state index in [4.69, 9.17) is 4.74 Å². The standard InChI is InChI=1S/C18H32O2S/c1-16(2,3)15-6-4-5-8-18(15,19)14-7-10-20-17(12-14)9-11-21-13-17/h14-15,19H,4-13H2,1-3H3. The lowest BCUT2D eigenvalue weighted by Crippen LogP contribution is -2.56. The Bertz CT molecular complexity index is 370. The number of hydrogen-bond acceptors (Lipinski definition) is 3. The zero-order chi connectivity index (χ0) is 15.1. The summed E-state index contributed by atoms with van der Waals surface area (Å²) >= 11 is 2.03. The molecule has 1 saturated carbocycles. The topological polar surface area (TPSA) is 29.5 Å². The van der Waals surface area contributed by atoms with Crippen LogP contribution in [0.5, 0.6) is 0 Å². The molecule has 1 spiro atoms. The average molecular weight is 313 g/mol. The molecule has 3 rings (SSSR count). The Balaban J connectivity index is 1.82. The first kappa shape index (κ1) is 16.1. The third-order valence-corrected chi connectivity index (χ3v) is 7.46. The second-order valence-corrected chi connectivity index (χ2v) is 9.78. The number of hydrogen-bond donors (Lipinski definition) is 1. The van der Waals surface area contributed by atoms with Crippen LogP contribution in [0.3, 0.4) is 0 Å². The van der Waals surface area contributed by atoms with E-state index in [2.05, 4.69) is 20.8 Å². The zero-order valence-corrected chi connectivity index (χ0v) is 14.8. The van der Waals surface area contributed by atoms with Crippen molar-refractivity contribution >= 4 is 11.8 Å². The summed E-state index contributed by atoms with van der Waals surface area (Å²) in [6.07, 6.45) is 8.00. The quantitative estimate of drug-likeness (QED) is 0.784. The summed E-state index contributed by atoms with van der Waals surface area (Å²) in [6, 6.07) is 0. The van der Waals surface area contributed by atoms with Crippen molar-refractivity contribution in [2.75, 3.05) is 18.1 Å². The van der Waals surface area contributed by atoms with Gasteiger partial charge in [0.15, 0.2) is 0 Å². The van der Waals surface area contributed by atoms with Gasteiger partial charge in [0.2, 0.25) is 0 Å². The van der Waals surface area contributed by atoms with Gasteiger partial charge in [-0.05, 0) is 55.1 Å². The molecule has 1 N–H and O–H groups in total. The van der Waals surface area contributed by atoms with Crippen molar-refractivity contribution in [3.05, 3.63) is 0 Å². The molecular weight excluding hydrogens is 280 g/mol. The van der Waals surface area contributed by atoms with Crippen LogP contribution < -0.4 is 0 Å². The molecule has 21 heavy (non-hydrogen) atoms. The Morgan fingerprint density at radius 2 is 1.95 bits per heavy atom. The number of rotatable bonds is 1. The molecule has 4 atom stereocenters. The Morgan fingerprint density at radius 1 is 1.14 bits per heavy atom. The van der Waals surface area contributed by atoms with Crippen molar-refractivity contribution in [1.82, 2.24) is 0 Å². The van der Waals surface area contributed by atoms with E-state index in [-0.39, 0.29) is 11.0 Å². The van der Waals surface area contributed by atoms with E-state index < -0.39 is 5.60 Å². The first-order valence-electron chi connectivity index (χ1n) is 8.80. The number of ether oxygens (including phenoxy) is 1. The maximum Gasteiger partial charge on any atom is 0.0784 e. The van der Waals surface area contributed by atoms with E-state index in [0.717, 1.165) is 31.6 Å². The smallest absolute Gasteiger partial charge is 0.0784 e. The highest BCUT2D eigenvalue weighted by molar-refractivity contribution is 7.99. The molecule has 3 fully saturated rings.